The molecule has 1 aromatic heterocycles. The highest BCUT2D eigenvalue weighted by molar-refractivity contribution is 6.35. The first kappa shape index (κ1) is 12.6. The van der Waals surface area contributed by atoms with Crippen molar-refractivity contribution in [1.82, 2.24) is 4.98 Å². The zero-order valence-corrected chi connectivity index (χ0v) is 10.6. The highest BCUT2D eigenvalue weighted by Crippen LogP contribution is 2.28. The Kier molecular flexibility index (Phi) is 3.95. The van der Waals surface area contributed by atoms with Gasteiger partial charge >= 0.3 is 0 Å². The smallest absolute Gasteiger partial charge is 0.137 e. The predicted molar refractivity (Wildman–Crippen MR) is 74.3 cm³/mol. The summed E-state index contributed by atoms with van der Waals surface area (Å²) in [6.45, 7) is 1.93. The van der Waals surface area contributed by atoms with Crippen molar-refractivity contribution in [2.45, 2.75) is 6.92 Å². The number of hydrogen-bond acceptors (Lipinski definition) is 2. The Morgan fingerprint density at radius 2 is 2.11 bits per heavy atom. The molecule has 2 aromatic rings. The van der Waals surface area contributed by atoms with Gasteiger partial charge in [-0.25, -0.2) is 9.37 Å². The van der Waals surface area contributed by atoms with Gasteiger partial charge < -0.3 is 5.32 Å². The summed E-state index contributed by atoms with van der Waals surface area (Å²) in [5.74, 6) is 0.334. The highest BCUT2D eigenvalue weighted by Gasteiger charge is 2.06. The number of halogens is 2. The summed E-state index contributed by atoms with van der Waals surface area (Å²) < 4.78 is 13.2. The summed E-state index contributed by atoms with van der Waals surface area (Å²) in [5, 5.41) is 4.92. The number of rotatable bonds is 3. The first-order valence-electron chi connectivity index (χ1n) is 5.50. The minimum Gasteiger partial charge on any atom is -0.346 e. The van der Waals surface area contributed by atoms with E-state index >= 15 is 0 Å². The highest BCUT2D eigenvalue weighted by atomic mass is 35.5. The van der Waals surface area contributed by atoms with Crippen LogP contribution in [-0.2, 0) is 0 Å². The number of allylic oxidation sites excluding steroid dienone is 3. The first-order chi connectivity index (χ1) is 8.72. The third-order valence-electron chi connectivity index (χ3n) is 2.42. The molecule has 0 aliphatic heterocycles. The van der Waals surface area contributed by atoms with Gasteiger partial charge in [-0.3, -0.25) is 0 Å². The summed E-state index contributed by atoms with van der Waals surface area (Å²) in [5.41, 5.74) is 0. The molecule has 1 aromatic carbocycles. The molecule has 2 rings (SSSR count). The fraction of sp³-hybridized carbons (Fsp3) is 0.0714. The van der Waals surface area contributed by atoms with E-state index in [9.17, 15) is 4.39 Å². The van der Waals surface area contributed by atoms with Gasteiger partial charge in [0.1, 0.15) is 11.6 Å². The SMILES string of the molecule is CC=CC=CNc1ncc(Cl)c2cc(F)ccc12. The monoisotopic (exact) mass is 262 g/mol. The second-order valence-electron chi connectivity index (χ2n) is 3.67. The van der Waals surface area contributed by atoms with Crippen LogP contribution in [0.25, 0.3) is 10.8 Å². The van der Waals surface area contributed by atoms with E-state index < -0.39 is 0 Å². The number of hydrogen-bond donors (Lipinski definition) is 1. The van der Waals surface area contributed by atoms with Crippen molar-refractivity contribution in [3.63, 3.8) is 0 Å². The van der Waals surface area contributed by atoms with E-state index in [1.807, 2.05) is 25.2 Å². The van der Waals surface area contributed by atoms with Crippen molar-refractivity contribution < 1.29 is 4.39 Å². The first-order valence-corrected chi connectivity index (χ1v) is 5.88. The maximum Gasteiger partial charge on any atom is 0.137 e. The lowest BCUT2D eigenvalue weighted by molar-refractivity contribution is 0.630. The van der Waals surface area contributed by atoms with Crippen molar-refractivity contribution in [1.29, 1.82) is 0 Å². The molecule has 92 valence electrons. The molecule has 0 saturated heterocycles. The van der Waals surface area contributed by atoms with E-state index in [0.29, 0.717) is 16.2 Å². The average Bonchev–Trinajstić information content (AvgIpc) is 2.37. The van der Waals surface area contributed by atoms with Gasteiger partial charge in [0.2, 0.25) is 0 Å². The molecule has 0 unspecified atom stereocenters. The van der Waals surface area contributed by atoms with Gasteiger partial charge in [0, 0.05) is 23.2 Å². The van der Waals surface area contributed by atoms with Crippen molar-refractivity contribution >= 4 is 28.2 Å². The van der Waals surface area contributed by atoms with Crippen LogP contribution in [0.4, 0.5) is 10.2 Å². The Labute approximate surface area is 110 Å². The molecule has 0 aliphatic carbocycles. The maximum atomic E-state index is 13.2. The van der Waals surface area contributed by atoms with Crippen molar-refractivity contribution in [2.24, 2.45) is 0 Å². The maximum absolute atomic E-state index is 13.2. The molecule has 18 heavy (non-hydrogen) atoms. The Morgan fingerprint density at radius 3 is 2.89 bits per heavy atom. The summed E-state index contributed by atoms with van der Waals surface area (Å²) >= 11 is 6.00. The van der Waals surface area contributed by atoms with E-state index in [4.69, 9.17) is 11.6 Å². The number of benzene rings is 1. The van der Waals surface area contributed by atoms with E-state index in [0.717, 1.165) is 5.39 Å². The number of aromatic nitrogens is 1. The van der Waals surface area contributed by atoms with Crippen molar-refractivity contribution in [2.75, 3.05) is 5.32 Å². The summed E-state index contributed by atoms with van der Waals surface area (Å²) in [4.78, 5) is 4.19. The van der Waals surface area contributed by atoms with Crippen molar-refractivity contribution in [3.8, 4) is 0 Å². The second kappa shape index (κ2) is 5.65. The molecule has 0 atom stereocenters. The molecule has 4 heteroatoms. The zero-order valence-electron chi connectivity index (χ0n) is 9.82. The molecular weight excluding hydrogens is 251 g/mol. The van der Waals surface area contributed by atoms with Gasteiger partial charge in [-0.05, 0) is 31.2 Å². The number of anilines is 1. The van der Waals surface area contributed by atoms with Gasteiger partial charge in [-0.2, -0.15) is 0 Å². The van der Waals surface area contributed by atoms with E-state index in [-0.39, 0.29) is 5.82 Å². The van der Waals surface area contributed by atoms with Crippen LogP contribution in [-0.4, -0.2) is 4.98 Å². The van der Waals surface area contributed by atoms with E-state index in [2.05, 4.69) is 10.3 Å². The molecule has 0 fully saturated rings. The van der Waals surface area contributed by atoms with Gasteiger partial charge in [-0.1, -0.05) is 23.8 Å². The third-order valence-corrected chi connectivity index (χ3v) is 2.72. The van der Waals surface area contributed by atoms with Crippen LogP contribution in [0.3, 0.4) is 0 Å². The normalized spacial score (nSPS) is 11.7. The van der Waals surface area contributed by atoms with Gasteiger partial charge in [0.15, 0.2) is 0 Å². The lowest BCUT2D eigenvalue weighted by atomic mass is 10.1. The van der Waals surface area contributed by atoms with Crippen molar-refractivity contribution in [3.05, 3.63) is 59.7 Å². The third kappa shape index (κ3) is 2.68. The Morgan fingerprint density at radius 1 is 1.28 bits per heavy atom. The summed E-state index contributed by atoms with van der Waals surface area (Å²) in [6.07, 6.45) is 8.94. The quantitative estimate of drug-likeness (QED) is 0.822. The minimum absolute atomic E-state index is 0.314. The van der Waals surface area contributed by atoms with Crippen LogP contribution in [0.2, 0.25) is 5.02 Å². The molecule has 0 radical (unpaired) electrons. The fourth-order valence-corrected chi connectivity index (χ4v) is 1.79. The zero-order chi connectivity index (χ0) is 13.0. The molecule has 1 heterocycles. The molecule has 0 aliphatic rings. The minimum atomic E-state index is -0.314. The molecule has 2 nitrogen and oxygen atoms in total. The topological polar surface area (TPSA) is 24.9 Å². The van der Waals surface area contributed by atoms with Gasteiger partial charge in [0.25, 0.3) is 0 Å². The molecule has 0 amide bonds. The lowest BCUT2D eigenvalue weighted by Crippen LogP contribution is -1.93. The summed E-state index contributed by atoms with van der Waals surface area (Å²) in [7, 11) is 0. The van der Waals surface area contributed by atoms with Crippen LogP contribution >= 0.6 is 11.6 Å². The van der Waals surface area contributed by atoms with E-state index in [1.54, 1.807) is 12.3 Å². The van der Waals surface area contributed by atoms with Crippen LogP contribution in [0, 0.1) is 5.82 Å². The Hall–Kier alpha value is -1.87. The van der Waals surface area contributed by atoms with Crippen LogP contribution in [0.5, 0.6) is 0 Å². The molecule has 0 spiro atoms. The Balaban J connectivity index is 2.43. The fourth-order valence-electron chi connectivity index (χ4n) is 1.59. The Bertz CT molecular complexity index is 620. The largest absolute Gasteiger partial charge is 0.346 e. The van der Waals surface area contributed by atoms with Crippen LogP contribution in [0.15, 0.2) is 48.8 Å². The average molecular weight is 263 g/mol. The van der Waals surface area contributed by atoms with Gasteiger partial charge in [0.05, 0.1) is 5.02 Å². The second-order valence-corrected chi connectivity index (χ2v) is 4.08. The number of fused-ring (bicyclic) bond motifs is 1. The molecular formula is C14H12ClFN2. The number of nitrogens with one attached hydrogen (secondary N) is 1. The predicted octanol–water partition coefficient (Wildman–Crippen LogP) is 4.53. The molecule has 0 bridgehead atoms. The van der Waals surface area contributed by atoms with Crippen LogP contribution < -0.4 is 5.32 Å². The van der Waals surface area contributed by atoms with Gasteiger partial charge in [-0.15, -0.1) is 0 Å². The standard InChI is InChI=1S/C14H12ClFN2/c1-2-3-4-7-17-14-11-6-5-10(16)8-12(11)13(15)9-18-14/h2-9H,1H3,(H,17,18). The number of pyridine rings is 1. The van der Waals surface area contributed by atoms with E-state index in [1.165, 1.54) is 18.3 Å². The summed E-state index contributed by atoms with van der Waals surface area (Å²) in [6, 6.07) is 4.46. The lowest BCUT2D eigenvalue weighted by Gasteiger charge is -2.06. The van der Waals surface area contributed by atoms with Crippen LogP contribution in [0.1, 0.15) is 6.92 Å². The number of nitrogens with zero attached hydrogens (tertiary/aromatic N) is 1. The molecule has 0 saturated carbocycles. The molecule has 1 N–H and O–H groups in total.